The van der Waals surface area contributed by atoms with Crippen molar-refractivity contribution in [2.24, 2.45) is 0 Å². The number of pyridine rings is 1. The molecule has 1 unspecified atom stereocenters. The Labute approximate surface area is 90.8 Å². The molecule has 0 aliphatic heterocycles. The zero-order valence-electron chi connectivity index (χ0n) is 7.95. The molecule has 0 fully saturated rings. The van der Waals surface area contributed by atoms with Gasteiger partial charge in [0, 0.05) is 7.11 Å². The second-order valence-electron chi connectivity index (χ2n) is 2.71. The van der Waals surface area contributed by atoms with Crippen LogP contribution in [0.25, 0.3) is 0 Å². The molecule has 0 bridgehead atoms. The van der Waals surface area contributed by atoms with Crippen molar-refractivity contribution < 1.29 is 9.53 Å². The predicted octanol–water partition coefficient (Wildman–Crippen LogP) is 1.82. The van der Waals surface area contributed by atoms with Gasteiger partial charge in [0.2, 0.25) is 0 Å². The monoisotopic (exact) mass is 258 g/mol. The molecule has 1 heterocycles. The first-order valence-corrected chi connectivity index (χ1v) is 4.89. The quantitative estimate of drug-likeness (QED) is 0.842. The number of carbonyl (C=O) groups excluding carboxylic acids is 1. The summed E-state index contributed by atoms with van der Waals surface area (Å²) < 4.78 is 5.54. The summed E-state index contributed by atoms with van der Waals surface area (Å²) in [5.41, 5.74) is 0. The lowest BCUT2D eigenvalue weighted by molar-refractivity contribution is -0.124. The Morgan fingerprint density at radius 3 is 2.93 bits per heavy atom. The van der Waals surface area contributed by atoms with Gasteiger partial charge >= 0.3 is 0 Å². The van der Waals surface area contributed by atoms with E-state index in [1.54, 1.807) is 25.1 Å². The Morgan fingerprint density at radius 2 is 2.36 bits per heavy atom. The summed E-state index contributed by atoms with van der Waals surface area (Å²) in [6, 6.07) is 5.30. The number of nitrogens with zero attached hydrogens (tertiary/aromatic N) is 1. The van der Waals surface area contributed by atoms with Gasteiger partial charge < -0.3 is 10.1 Å². The highest BCUT2D eigenvalue weighted by molar-refractivity contribution is 9.10. The molecule has 1 N–H and O–H groups in total. The number of halogens is 1. The number of hydrogen-bond acceptors (Lipinski definition) is 3. The first-order chi connectivity index (χ1) is 6.63. The van der Waals surface area contributed by atoms with Crippen LogP contribution in [0.5, 0.6) is 0 Å². The summed E-state index contributed by atoms with van der Waals surface area (Å²) in [5.74, 6) is 0.298. The lowest BCUT2D eigenvalue weighted by Crippen LogP contribution is -2.26. The predicted molar refractivity (Wildman–Crippen MR) is 57.0 cm³/mol. The van der Waals surface area contributed by atoms with Crippen LogP contribution in [0.4, 0.5) is 5.82 Å². The van der Waals surface area contributed by atoms with Crippen LogP contribution in [0.2, 0.25) is 0 Å². The zero-order chi connectivity index (χ0) is 10.6. The number of rotatable bonds is 3. The second-order valence-corrected chi connectivity index (χ2v) is 3.53. The fourth-order valence-electron chi connectivity index (χ4n) is 0.813. The molecule has 1 amide bonds. The lowest BCUT2D eigenvalue weighted by Gasteiger charge is -2.09. The van der Waals surface area contributed by atoms with E-state index in [0.717, 1.165) is 0 Å². The topological polar surface area (TPSA) is 51.2 Å². The van der Waals surface area contributed by atoms with Gasteiger partial charge in [0.25, 0.3) is 5.91 Å². The van der Waals surface area contributed by atoms with Crippen LogP contribution in [0, 0.1) is 0 Å². The number of nitrogens with one attached hydrogen (secondary N) is 1. The van der Waals surface area contributed by atoms with Crippen LogP contribution in [0.1, 0.15) is 6.92 Å². The van der Waals surface area contributed by atoms with Gasteiger partial charge in [0.15, 0.2) is 0 Å². The fraction of sp³-hybridized carbons (Fsp3) is 0.333. The summed E-state index contributed by atoms with van der Waals surface area (Å²) in [5, 5.41) is 2.63. The molecule has 76 valence electrons. The summed E-state index contributed by atoms with van der Waals surface area (Å²) in [7, 11) is 1.48. The third kappa shape index (κ3) is 3.08. The highest BCUT2D eigenvalue weighted by Gasteiger charge is 2.11. The van der Waals surface area contributed by atoms with Crippen LogP contribution in [0.15, 0.2) is 22.8 Å². The van der Waals surface area contributed by atoms with Gasteiger partial charge in [-0.15, -0.1) is 0 Å². The molecule has 0 aromatic carbocycles. The standard InChI is InChI=1S/C9H11BrN2O2/c1-6(14-2)9(13)12-8-5-3-4-7(10)11-8/h3-6H,1-2H3,(H,11,12,13). The molecule has 14 heavy (non-hydrogen) atoms. The van der Waals surface area contributed by atoms with Crippen molar-refractivity contribution in [3.63, 3.8) is 0 Å². The third-order valence-corrected chi connectivity index (χ3v) is 2.13. The van der Waals surface area contributed by atoms with E-state index in [1.807, 2.05) is 0 Å². The number of ether oxygens (including phenoxy) is 1. The molecule has 1 aromatic rings. The van der Waals surface area contributed by atoms with E-state index < -0.39 is 6.10 Å². The van der Waals surface area contributed by atoms with Gasteiger partial charge in [-0.3, -0.25) is 4.79 Å². The average molecular weight is 259 g/mol. The van der Waals surface area contributed by atoms with E-state index in [2.05, 4.69) is 26.2 Å². The van der Waals surface area contributed by atoms with E-state index in [1.165, 1.54) is 7.11 Å². The van der Waals surface area contributed by atoms with Crippen LogP contribution in [0.3, 0.4) is 0 Å². The first-order valence-electron chi connectivity index (χ1n) is 4.09. The Hall–Kier alpha value is -0.940. The molecule has 0 aliphatic carbocycles. The van der Waals surface area contributed by atoms with Crippen LogP contribution in [-0.2, 0) is 9.53 Å². The molecule has 0 saturated heterocycles. The first kappa shape index (κ1) is 11.1. The van der Waals surface area contributed by atoms with Crippen LogP contribution >= 0.6 is 15.9 Å². The number of amides is 1. The molecule has 1 rings (SSSR count). The molecule has 1 atom stereocenters. The normalized spacial score (nSPS) is 12.2. The minimum Gasteiger partial charge on any atom is -0.372 e. The number of hydrogen-bond donors (Lipinski definition) is 1. The molecule has 5 heteroatoms. The molecule has 0 aliphatic rings. The van der Waals surface area contributed by atoms with Crippen molar-refractivity contribution >= 4 is 27.7 Å². The van der Waals surface area contributed by atoms with Gasteiger partial charge in [-0.25, -0.2) is 4.98 Å². The summed E-state index contributed by atoms with van der Waals surface area (Å²) >= 11 is 3.21. The average Bonchev–Trinajstić information content (AvgIpc) is 2.16. The van der Waals surface area contributed by atoms with E-state index in [4.69, 9.17) is 4.74 Å². The van der Waals surface area contributed by atoms with Crippen molar-refractivity contribution in [1.82, 2.24) is 4.98 Å². The summed E-state index contributed by atoms with van der Waals surface area (Å²) in [6.07, 6.45) is -0.476. The minimum absolute atomic E-state index is 0.210. The van der Waals surface area contributed by atoms with Gasteiger partial charge in [-0.2, -0.15) is 0 Å². The highest BCUT2D eigenvalue weighted by Crippen LogP contribution is 2.10. The molecule has 4 nitrogen and oxygen atoms in total. The Kier molecular flexibility index (Phi) is 4.03. The number of carbonyl (C=O) groups is 1. The maximum absolute atomic E-state index is 11.4. The van der Waals surface area contributed by atoms with E-state index in [-0.39, 0.29) is 5.91 Å². The molecular weight excluding hydrogens is 248 g/mol. The Balaban J connectivity index is 2.65. The molecule has 0 spiro atoms. The largest absolute Gasteiger partial charge is 0.372 e. The molecule has 1 aromatic heterocycles. The van der Waals surface area contributed by atoms with Crippen LogP contribution < -0.4 is 5.32 Å². The van der Waals surface area contributed by atoms with Crippen molar-refractivity contribution in [3.05, 3.63) is 22.8 Å². The van der Waals surface area contributed by atoms with Gasteiger partial charge in [0.05, 0.1) is 0 Å². The SMILES string of the molecule is COC(C)C(=O)Nc1cccc(Br)n1. The molecular formula is C9H11BrN2O2. The zero-order valence-corrected chi connectivity index (χ0v) is 9.54. The number of anilines is 1. The van der Waals surface area contributed by atoms with Gasteiger partial charge in [0.1, 0.15) is 16.5 Å². The maximum Gasteiger partial charge on any atom is 0.254 e. The van der Waals surface area contributed by atoms with Gasteiger partial charge in [-0.1, -0.05) is 6.07 Å². The molecule has 0 radical (unpaired) electrons. The lowest BCUT2D eigenvalue weighted by atomic mass is 10.3. The minimum atomic E-state index is -0.476. The van der Waals surface area contributed by atoms with Crippen molar-refractivity contribution in [3.8, 4) is 0 Å². The summed E-state index contributed by atoms with van der Waals surface area (Å²) in [4.78, 5) is 15.4. The number of methoxy groups -OCH3 is 1. The van der Waals surface area contributed by atoms with Crippen LogP contribution in [-0.4, -0.2) is 24.1 Å². The third-order valence-electron chi connectivity index (χ3n) is 1.69. The maximum atomic E-state index is 11.4. The van der Waals surface area contributed by atoms with E-state index in [0.29, 0.717) is 10.4 Å². The fourth-order valence-corrected chi connectivity index (χ4v) is 1.16. The second kappa shape index (κ2) is 5.07. The smallest absolute Gasteiger partial charge is 0.254 e. The highest BCUT2D eigenvalue weighted by atomic mass is 79.9. The Bertz CT molecular complexity index is 330. The van der Waals surface area contributed by atoms with Crippen molar-refractivity contribution in [2.45, 2.75) is 13.0 Å². The summed E-state index contributed by atoms with van der Waals surface area (Å²) in [6.45, 7) is 1.67. The van der Waals surface area contributed by atoms with E-state index >= 15 is 0 Å². The Morgan fingerprint density at radius 1 is 1.64 bits per heavy atom. The van der Waals surface area contributed by atoms with Gasteiger partial charge in [-0.05, 0) is 35.0 Å². The number of aromatic nitrogens is 1. The molecule has 0 saturated carbocycles. The van der Waals surface area contributed by atoms with Crippen molar-refractivity contribution in [2.75, 3.05) is 12.4 Å². The van der Waals surface area contributed by atoms with Crippen molar-refractivity contribution in [1.29, 1.82) is 0 Å². The van der Waals surface area contributed by atoms with E-state index in [9.17, 15) is 4.79 Å².